The number of hydrogen-bond acceptors (Lipinski definition) is 2. The zero-order valence-electron chi connectivity index (χ0n) is 10.7. The Morgan fingerprint density at radius 3 is 2.62 bits per heavy atom. The molecule has 0 spiro atoms. The minimum absolute atomic E-state index is 0.399. The predicted octanol–water partition coefficient (Wildman–Crippen LogP) is 5.95. The summed E-state index contributed by atoms with van der Waals surface area (Å²) in [6.07, 6.45) is 1.64. The van der Waals surface area contributed by atoms with Gasteiger partial charge in [-0.05, 0) is 24.3 Å². The molecule has 2 nitrogen and oxygen atoms in total. The maximum Gasteiger partial charge on any atom is 0.138 e. The van der Waals surface area contributed by atoms with Crippen molar-refractivity contribution in [1.29, 1.82) is 0 Å². The van der Waals surface area contributed by atoms with Gasteiger partial charge in [0.2, 0.25) is 0 Å². The van der Waals surface area contributed by atoms with Gasteiger partial charge in [-0.3, -0.25) is 4.99 Å². The van der Waals surface area contributed by atoms with Gasteiger partial charge in [0, 0.05) is 17.2 Å². The first-order valence-corrected chi connectivity index (χ1v) is 7.32. The van der Waals surface area contributed by atoms with E-state index in [1.165, 1.54) is 0 Å². The number of fused-ring (bicyclic) bond motifs is 1. The molecular formula is C16H9Cl3N2. The minimum atomic E-state index is 0.399. The van der Waals surface area contributed by atoms with Crippen LogP contribution in [0.2, 0.25) is 15.2 Å². The Kier molecular flexibility index (Phi) is 4.11. The molecule has 0 unspecified atom stereocenters. The second kappa shape index (κ2) is 6.02. The Morgan fingerprint density at radius 2 is 1.76 bits per heavy atom. The zero-order chi connectivity index (χ0) is 14.8. The lowest BCUT2D eigenvalue weighted by molar-refractivity contribution is 1.39. The number of halogens is 3. The molecule has 1 heterocycles. The Hall–Kier alpha value is -1.61. The summed E-state index contributed by atoms with van der Waals surface area (Å²) >= 11 is 18.2. The number of benzene rings is 2. The molecule has 104 valence electrons. The maximum atomic E-state index is 6.18. The molecule has 1 aromatic heterocycles. The van der Waals surface area contributed by atoms with Gasteiger partial charge in [-0.1, -0.05) is 59.1 Å². The van der Waals surface area contributed by atoms with E-state index in [0.29, 0.717) is 20.9 Å². The van der Waals surface area contributed by atoms with Crippen molar-refractivity contribution < 1.29 is 0 Å². The molecule has 0 aliphatic rings. The highest BCUT2D eigenvalue weighted by Gasteiger charge is 2.05. The van der Waals surface area contributed by atoms with E-state index in [2.05, 4.69) is 9.98 Å². The summed E-state index contributed by atoms with van der Waals surface area (Å²) in [5.41, 5.74) is 2.17. The van der Waals surface area contributed by atoms with Crippen molar-refractivity contribution >= 4 is 57.6 Å². The molecule has 0 radical (unpaired) electrons. The van der Waals surface area contributed by atoms with E-state index in [0.717, 1.165) is 16.5 Å². The number of hydrogen-bond donors (Lipinski definition) is 0. The van der Waals surface area contributed by atoms with Crippen molar-refractivity contribution in [3.8, 4) is 0 Å². The van der Waals surface area contributed by atoms with E-state index >= 15 is 0 Å². The summed E-state index contributed by atoms with van der Waals surface area (Å²) in [5, 5.41) is 2.28. The van der Waals surface area contributed by atoms with E-state index in [9.17, 15) is 0 Å². The molecule has 5 heteroatoms. The number of rotatable bonds is 2. The molecule has 0 atom stereocenters. The van der Waals surface area contributed by atoms with Crippen molar-refractivity contribution in [2.24, 2.45) is 4.99 Å². The van der Waals surface area contributed by atoms with Crippen LogP contribution in [0.3, 0.4) is 0 Å². The largest absolute Gasteiger partial charge is 0.255 e. The zero-order valence-corrected chi connectivity index (χ0v) is 13.0. The van der Waals surface area contributed by atoms with Gasteiger partial charge in [-0.15, -0.1) is 0 Å². The fourth-order valence-electron chi connectivity index (χ4n) is 1.93. The molecular weight excluding hydrogens is 327 g/mol. The Labute approximate surface area is 137 Å². The van der Waals surface area contributed by atoms with Crippen LogP contribution in [-0.4, -0.2) is 11.2 Å². The number of pyridine rings is 1. The standard InChI is InChI=1S/C16H9Cl3N2/c17-12-5-3-7-14(15(12)18)20-9-11-8-10-4-1-2-6-13(10)21-16(11)19/h1-9H/b20-9+. The second-order valence-corrected chi connectivity index (χ2v) is 5.54. The van der Waals surface area contributed by atoms with E-state index in [1.807, 2.05) is 30.3 Å². The average Bonchev–Trinajstić information content (AvgIpc) is 2.49. The van der Waals surface area contributed by atoms with Gasteiger partial charge in [-0.25, -0.2) is 4.98 Å². The number of aromatic nitrogens is 1. The number of aliphatic imine (C=N–C) groups is 1. The average molecular weight is 336 g/mol. The van der Waals surface area contributed by atoms with Gasteiger partial charge in [-0.2, -0.15) is 0 Å². The lowest BCUT2D eigenvalue weighted by Gasteiger charge is -2.02. The van der Waals surface area contributed by atoms with Crippen LogP contribution >= 0.6 is 34.8 Å². The topological polar surface area (TPSA) is 25.2 Å². The highest BCUT2D eigenvalue weighted by molar-refractivity contribution is 6.43. The second-order valence-electron chi connectivity index (χ2n) is 4.39. The van der Waals surface area contributed by atoms with E-state index in [1.54, 1.807) is 24.4 Å². The third kappa shape index (κ3) is 3.03. The first-order chi connectivity index (χ1) is 10.1. The van der Waals surface area contributed by atoms with Gasteiger partial charge in [0.25, 0.3) is 0 Å². The van der Waals surface area contributed by atoms with E-state index < -0.39 is 0 Å². The SMILES string of the molecule is Clc1cccc(/N=C/c2cc3ccccc3nc2Cl)c1Cl. The lowest BCUT2D eigenvalue weighted by Crippen LogP contribution is -1.88. The Bertz CT molecular complexity index is 844. The van der Waals surface area contributed by atoms with Crippen molar-refractivity contribution in [3.63, 3.8) is 0 Å². The molecule has 21 heavy (non-hydrogen) atoms. The molecule has 0 fully saturated rings. The molecule has 3 rings (SSSR count). The first kappa shape index (κ1) is 14.3. The summed E-state index contributed by atoms with van der Waals surface area (Å²) < 4.78 is 0. The third-order valence-corrected chi connectivity index (χ3v) is 4.09. The highest BCUT2D eigenvalue weighted by atomic mass is 35.5. The lowest BCUT2D eigenvalue weighted by atomic mass is 10.2. The van der Waals surface area contributed by atoms with Crippen molar-refractivity contribution in [2.75, 3.05) is 0 Å². The van der Waals surface area contributed by atoms with Crippen LogP contribution in [-0.2, 0) is 0 Å². The van der Waals surface area contributed by atoms with Crippen LogP contribution in [0.4, 0.5) is 5.69 Å². The summed E-state index contributed by atoms with van der Waals surface area (Å²) in [7, 11) is 0. The number of para-hydroxylation sites is 1. The maximum absolute atomic E-state index is 6.18. The fraction of sp³-hybridized carbons (Fsp3) is 0. The molecule has 0 saturated heterocycles. The predicted molar refractivity (Wildman–Crippen MR) is 90.5 cm³/mol. The van der Waals surface area contributed by atoms with Gasteiger partial charge in [0.15, 0.2) is 0 Å². The van der Waals surface area contributed by atoms with Gasteiger partial charge in [0.05, 0.1) is 21.2 Å². The van der Waals surface area contributed by atoms with E-state index in [4.69, 9.17) is 34.8 Å². The highest BCUT2D eigenvalue weighted by Crippen LogP contribution is 2.31. The van der Waals surface area contributed by atoms with Crippen LogP contribution in [0, 0.1) is 0 Å². The van der Waals surface area contributed by atoms with Crippen LogP contribution in [0.15, 0.2) is 53.5 Å². The van der Waals surface area contributed by atoms with E-state index in [-0.39, 0.29) is 0 Å². The molecule has 0 amide bonds. The van der Waals surface area contributed by atoms with Crippen LogP contribution < -0.4 is 0 Å². The normalized spacial score (nSPS) is 11.4. The molecule has 2 aromatic carbocycles. The summed E-state index contributed by atoms with van der Waals surface area (Å²) in [6.45, 7) is 0. The first-order valence-electron chi connectivity index (χ1n) is 6.18. The van der Waals surface area contributed by atoms with Crippen LogP contribution in [0.5, 0.6) is 0 Å². The summed E-state index contributed by atoms with van der Waals surface area (Å²) in [4.78, 5) is 8.68. The van der Waals surface area contributed by atoms with Gasteiger partial charge in [0.1, 0.15) is 5.15 Å². The van der Waals surface area contributed by atoms with Crippen molar-refractivity contribution in [3.05, 3.63) is 69.3 Å². The summed E-state index contributed by atoms with van der Waals surface area (Å²) in [5.74, 6) is 0. The van der Waals surface area contributed by atoms with Gasteiger partial charge >= 0.3 is 0 Å². The minimum Gasteiger partial charge on any atom is -0.255 e. The third-order valence-electron chi connectivity index (χ3n) is 2.98. The van der Waals surface area contributed by atoms with Crippen molar-refractivity contribution in [1.82, 2.24) is 4.98 Å². The molecule has 0 aliphatic heterocycles. The van der Waals surface area contributed by atoms with Crippen molar-refractivity contribution in [2.45, 2.75) is 0 Å². The monoisotopic (exact) mass is 334 g/mol. The van der Waals surface area contributed by atoms with Gasteiger partial charge < -0.3 is 0 Å². The molecule has 0 aliphatic carbocycles. The summed E-state index contributed by atoms with van der Waals surface area (Å²) in [6, 6.07) is 15.0. The molecule has 0 bridgehead atoms. The molecule has 0 saturated carbocycles. The quantitative estimate of drug-likeness (QED) is 0.420. The molecule has 0 N–H and O–H groups in total. The van der Waals surface area contributed by atoms with Crippen LogP contribution in [0.25, 0.3) is 10.9 Å². The smallest absolute Gasteiger partial charge is 0.138 e. The van der Waals surface area contributed by atoms with Crippen LogP contribution in [0.1, 0.15) is 5.56 Å². The number of nitrogens with zero attached hydrogens (tertiary/aromatic N) is 2. The Balaban J connectivity index is 2.03. The molecule has 3 aromatic rings. The Morgan fingerprint density at radius 1 is 0.952 bits per heavy atom. The fourth-order valence-corrected chi connectivity index (χ4v) is 2.47.